The van der Waals surface area contributed by atoms with Crippen LogP contribution in [-0.4, -0.2) is 35.6 Å². The molecule has 2 N–H and O–H groups in total. The van der Waals surface area contributed by atoms with Gasteiger partial charge in [0.1, 0.15) is 11.7 Å². The number of amides is 1. The number of rotatable bonds is 2. The van der Waals surface area contributed by atoms with E-state index in [2.05, 4.69) is 5.32 Å². The first-order chi connectivity index (χ1) is 9.85. The van der Waals surface area contributed by atoms with Gasteiger partial charge in [-0.2, -0.15) is 0 Å². The van der Waals surface area contributed by atoms with Crippen molar-refractivity contribution in [1.29, 1.82) is 0 Å². The fourth-order valence-corrected chi connectivity index (χ4v) is 2.38. The molecule has 1 aliphatic rings. The average Bonchev–Trinajstić information content (AvgIpc) is 2.37. The Morgan fingerprint density at radius 2 is 2.00 bits per heavy atom. The van der Waals surface area contributed by atoms with Crippen LogP contribution in [0.2, 0.25) is 0 Å². The molecular formula is C16H23NO4. The Morgan fingerprint density at radius 3 is 2.62 bits per heavy atom. The molecule has 1 aliphatic heterocycles. The summed E-state index contributed by atoms with van der Waals surface area (Å²) in [4.78, 5) is 11.9. The second kappa shape index (κ2) is 6.45. The Morgan fingerprint density at radius 1 is 1.33 bits per heavy atom. The van der Waals surface area contributed by atoms with E-state index in [4.69, 9.17) is 9.47 Å². The van der Waals surface area contributed by atoms with Crippen molar-refractivity contribution in [2.75, 3.05) is 6.61 Å². The zero-order chi connectivity index (χ0) is 15.5. The fraction of sp³-hybridized carbons (Fsp3) is 0.562. The van der Waals surface area contributed by atoms with Crippen molar-refractivity contribution < 1.29 is 19.4 Å². The fourth-order valence-electron chi connectivity index (χ4n) is 2.38. The van der Waals surface area contributed by atoms with Crippen LogP contribution in [0.15, 0.2) is 30.3 Å². The molecule has 1 heterocycles. The van der Waals surface area contributed by atoms with Gasteiger partial charge in [-0.05, 0) is 32.8 Å². The molecule has 2 rings (SSSR count). The number of carbonyl (C=O) groups excluding carboxylic acids is 1. The van der Waals surface area contributed by atoms with E-state index in [-0.39, 0.29) is 18.8 Å². The molecule has 0 saturated carbocycles. The number of carbonyl (C=O) groups is 1. The maximum Gasteiger partial charge on any atom is 0.407 e. The molecule has 1 fully saturated rings. The number of nitrogens with one attached hydrogen (secondary N) is 1. The first-order valence-electron chi connectivity index (χ1n) is 7.19. The van der Waals surface area contributed by atoms with Gasteiger partial charge in [0.15, 0.2) is 0 Å². The van der Waals surface area contributed by atoms with E-state index >= 15 is 0 Å². The SMILES string of the molecule is CC(C)(C)OC(=O)N[C@H]1CC(O)CO[C@@H]1c1ccccc1. The van der Waals surface area contributed by atoms with Gasteiger partial charge < -0.3 is 19.9 Å². The summed E-state index contributed by atoms with van der Waals surface area (Å²) < 4.78 is 11.0. The summed E-state index contributed by atoms with van der Waals surface area (Å²) in [6.07, 6.45) is -0.906. The lowest BCUT2D eigenvalue weighted by Gasteiger charge is -2.35. The monoisotopic (exact) mass is 293 g/mol. The highest BCUT2D eigenvalue weighted by molar-refractivity contribution is 5.68. The van der Waals surface area contributed by atoms with Crippen molar-refractivity contribution in [3.63, 3.8) is 0 Å². The van der Waals surface area contributed by atoms with Crippen molar-refractivity contribution in [3.8, 4) is 0 Å². The van der Waals surface area contributed by atoms with Gasteiger partial charge in [-0.3, -0.25) is 0 Å². The minimum Gasteiger partial charge on any atom is -0.444 e. The molecule has 3 atom stereocenters. The summed E-state index contributed by atoms with van der Waals surface area (Å²) in [6.45, 7) is 5.71. The van der Waals surface area contributed by atoms with Gasteiger partial charge in [0.05, 0.1) is 18.8 Å². The molecule has 116 valence electrons. The lowest BCUT2D eigenvalue weighted by atomic mass is 9.95. The number of hydrogen-bond acceptors (Lipinski definition) is 4. The molecule has 1 aromatic carbocycles. The molecular weight excluding hydrogens is 270 g/mol. The molecule has 0 aromatic heterocycles. The van der Waals surface area contributed by atoms with E-state index in [9.17, 15) is 9.90 Å². The minimum atomic E-state index is -0.579. The first kappa shape index (κ1) is 15.8. The Balaban J connectivity index is 2.07. The number of aliphatic hydroxyl groups excluding tert-OH is 1. The van der Waals surface area contributed by atoms with Crippen molar-refractivity contribution in [2.45, 2.75) is 51.0 Å². The Bertz CT molecular complexity index is 469. The van der Waals surface area contributed by atoms with Crippen LogP contribution in [0.1, 0.15) is 38.9 Å². The van der Waals surface area contributed by atoms with E-state index in [1.54, 1.807) is 0 Å². The lowest BCUT2D eigenvalue weighted by molar-refractivity contribution is -0.0767. The minimum absolute atomic E-state index is 0.270. The molecule has 21 heavy (non-hydrogen) atoms. The quantitative estimate of drug-likeness (QED) is 0.878. The third kappa shape index (κ3) is 4.72. The third-order valence-electron chi connectivity index (χ3n) is 3.19. The highest BCUT2D eigenvalue weighted by Gasteiger charge is 2.33. The predicted molar refractivity (Wildman–Crippen MR) is 78.9 cm³/mol. The molecule has 5 heteroatoms. The molecule has 1 saturated heterocycles. The van der Waals surface area contributed by atoms with Gasteiger partial charge in [0, 0.05) is 0 Å². The van der Waals surface area contributed by atoms with Crippen molar-refractivity contribution in [1.82, 2.24) is 5.32 Å². The van der Waals surface area contributed by atoms with Crippen molar-refractivity contribution in [2.24, 2.45) is 0 Å². The topological polar surface area (TPSA) is 67.8 Å². The maximum atomic E-state index is 11.9. The normalized spacial score (nSPS) is 26.2. The summed E-state index contributed by atoms with van der Waals surface area (Å²) in [5, 5.41) is 12.6. The van der Waals surface area contributed by atoms with Gasteiger partial charge in [0.2, 0.25) is 0 Å². The summed E-state index contributed by atoms with van der Waals surface area (Å²) in [7, 11) is 0. The van der Waals surface area contributed by atoms with Crippen molar-refractivity contribution >= 4 is 6.09 Å². The Kier molecular flexibility index (Phi) is 4.85. The van der Waals surface area contributed by atoms with Crippen LogP contribution in [0.3, 0.4) is 0 Å². The number of aliphatic hydroxyl groups is 1. The van der Waals surface area contributed by atoms with Crippen LogP contribution >= 0.6 is 0 Å². The molecule has 0 spiro atoms. The van der Waals surface area contributed by atoms with Gasteiger partial charge in [0.25, 0.3) is 0 Å². The van der Waals surface area contributed by atoms with Crippen LogP contribution in [0, 0.1) is 0 Å². The molecule has 0 aliphatic carbocycles. The van der Waals surface area contributed by atoms with E-state index in [0.29, 0.717) is 6.42 Å². The molecule has 0 radical (unpaired) electrons. The molecule has 1 amide bonds. The van der Waals surface area contributed by atoms with E-state index in [0.717, 1.165) is 5.56 Å². The highest BCUT2D eigenvalue weighted by atomic mass is 16.6. The smallest absolute Gasteiger partial charge is 0.407 e. The summed E-state index contributed by atoms with van der Waals surface area (Å²) in [6, 6.07) is 9.36. The van der Waals surface area contributed by atoms with E-state index in [1.807, 2.05) is 51.1 Å². The maximum absolute atomic E-state index is 11.9. The van der Waals surface area contributed by atoms with E-state index < -0.39 is 17.8 Å². The Labute approximate surface area is 125 Å². The summed E-state index contributed by atoms with van der Waals surface area (Å²) in [5.74, 6) is 0. The van der Waals surface area contributed by atoms with Crippen LogP contribution in [-0.2, 0) is 9.47 Å². The molecule has 1 unspecified atom stereocenters. The number of hydrogen-bond donors (Lipinski definition) is 2. The van der Waals surface area contributed by atoms with Crippen LogP contribution in [0.25, 0.3) is 0 Å². The lowest BCUT2D eigenvalue weighted by Crippen LogP contribution is -2.48. The average molecular weight is 293 g/mol. The first-order valence-corrected chi connectivity index (χ1v) is 7.19. The molecule has 1 aromatic rings. The number of ether oxygens (including phenoxy) is 2. The van der Waals surface area contributed by atoms with Crippen LogP contribution < -0.4 is 5.32 Å². The Hall–Kier alpha value is -1.59. The number of alkyl carbamates (subject to hydrolysis) is 1. The van der Waals surface area contributed by atoms with Gasteiger partial charge in [-0.15, -0.1) is 0 Å². The highest BCUT2D eigenvalue weighted by Crippen LogP contribution is 2.28. The van der Waals surface area contributed by atoms with Crippen LogP contribution in [0.5, 0.6) is 0 Å². The largest absolute Gasteiger partial charge is 0.444 e. The van der Waals surface area contributed by atoms with Gasteiger partial charge >= 0.3 is 6.09 Å². The zero-order valence-electron chi connectivity index (χ0n) is 12.7. The van der Waals surface area contributed by atoms with E-state index in [1.165, 1.54) is 0 Å². The second-order valence-electron chi connectivity index (χ2n) is 6.31. The number of benzene rings is 1. The standard InChI is InChI=1S/C16H23NO4/c1-16(2,3)21-15(19)17-13-9-12(18)10-20-14(13)11-7-5-4-6-8-11/h4-8,12-14,18H,9-10H2,1-3H3,(H,17,19)/t12?,13-,14+/m0/s1. The molecule has 5 nitrogen and oxygen atoms in total. The zero-order valence-corrected chi connectivity index (χ0v) is 12.7. The molecule has 0 bridgehead atoms. The van der Waals surface area contributed by atoms with Gasteiger partial charge in [-0.1, -0.05) is 30.3 Å². The van der Waals surface area contributed by atoms with Crippen molar-refractivity contribution in [3.05, 3.63) is 35.9 Å². The second-order valence-corrected chi connectivity index (χ2v) is 6.31. The predicted octanol–water partition coefficient (Wildman–Crippen LogP) is 2.40. The summed E-state index contributed by atoms with van der Waals surface area (Å²) in [5.41, 5.74) is 0.422. The van der Waals surface area contributed by atoms with Gasteiger partial charge in [-0.25, -0.2) is 4.79 Å². The van der Waals surface area contributed by atoms with Crippen LogP contribution in [0.4, 0.5) is 4.79 Å². The summed E-state index contributed by atoms with van der Waals surface area (Å²) >= 11 is 0. The third-order valence-corrected chi connectivity index (χ3v) is 3.19.